The lowest BCUT2D eigenvalue weighted by Gasteiger charge is -1.97. The largest absolute Gasteiger partial charge is 0.272 e. The molecule has 1 fully saturated rings. The summed E-state index contributed by atoms with van der Waals surface area (Å²) in [6.07, 6.45) is 4.00. The molecule has 0 unspecified atom stereocenters. The second-order valence-corrected chi connectivity index (χ2v) is 6.01. The molecular weight excluding hydrogens is 240 g/mol. The molecule has 3 rings (SSSR count). The van der Waals surface area contributed by atoms with Crippen LogP contribution < -0.4 is 0 Å². The summed E-state index contributed by atoms with van der Waals surface area (Å²) in [5, 5.41) is 5.74. The molecule has 18 heavy (non-hydrogen) atoms. The van der Waals surface area contributed by atoms with Gasteiger partial charge in [0.2, 0.25) is 0 Å². The average Bonchev–Trinajstić information content (AvgIpc) is 3.13. The summed E-state index contributed by atoms with van der Waals surface area (Å²) in [6, 6.07) is 12.8. The van der Waals surface area contributed by atoms with E-state index in [9.17, 15) is 0 Å². The molecule has 0 amide bonds. The number of aromatic nitrogens is 2. The van der Waals surface area contributed by atoms with Crippen molar-refractivity contribution in [2.24, 2.45) is 13.0 Å². The Morgan fingerprint density at radius 1 is 1.28 bits per heavy atom. The van der Waals surface area contributed by atoms with Crippen LogP contribution in [-0.2, 0) is 19.2 Å². The van der Waals surface area contributed by atoms with E-state index in [4.69, 9.17) is 0 Å². The molecule has 0 radical (unpaired) electrons. The molecule has 3 heteroatoms. The topological polar surface area (TPSA) is 17.8 Å². The molecule has 1 aromatic heterocycles. The lowest BCUT2D eigenvalue weighted by Crippen LogP contribution is -1.98. The Balaban J connectivity index is 1.62. The first-order chi connectivity index (χ1) is 8.81. The minimum absolute atomic E-state index is 0.923. The molecule has 0 atom stereocenters. The fourth-order valence-electron chi connectivity index (χ4n) is 2.09. The third-order valence-corrected chi connectivity index (χ3v) is 4.35. The van der Waals surface area contributed by atoms with Crippen molar-refractivity contribution >= 4 is 11.8 Å². The summed E-state index contributed by atoms with van der Waals surface area (Å²) in [5.41, 5.74) is 2.74. The monoisotopic (exact) mass is 258 g/mol. The van der Waals surface area contributed by atoms with E-state index in [1.165, 1.54) is 30.5 Å². The highest BCUT2D eigenvalue weighted by molar-refractivity contribution is 7.98. The van der Waals surface area contributed by atoms with Gasteiger partial charge in [-0.2, -0.15) is 5.10 Å². The number of hydrogen-bond acceptors (Lipinski definition) is 2. The van der Waals surface area contributed by atoms with Gasteiger partial charge in [-0.15, -0.1) is 0 Å². The van der Waals surface area contributed by atoms with Crippen LogP contribution in [0.5, 0.6) is 0 Å². The third-order valence-electron chi connectivity index (χ3n) is 3.38. The smallest absolute Gasteiger partial charge is 0.119 e. The number of benzene rings is 1. The second-order valence-electron chi connectivity index (χ2n) is 5.02. The maximum atomic E-state index is 4.59. The van der Waals surface area contributed by atoms with E-state index in [1.807, 2.05) is 16.4 Å². The van der Waals surface area contributed by atoms with E-state index in [-0.39, 0.29) is 0 Å². The molecule has 0 saturated heterocycles. The molecule has 94 valence electrons. The van der Waals surface area contributed by atoms with E-state index in [1.54, 1.807) is 0 Å². The number of aryl methyl sites for hydroxylation is 1. The average molecular weight is 258 g/mol. The highest BCUT2D eigenvalue weighted by Crippen LogP contribution is 2.33. The maximum absolute atomic E-state index is 4.59. The van der Waals surface area contributed by atoms with E-state index in [2.05, 4.69) is 48.5 Å². The van der Waals surface area contributed by atoms with E-state index in [0.29, 0.717) is 0 Å². The van der Waals surface area contributed by atoms with Crippen molar-refractivity contribution in [3.05, 3.63) is 47.7 Å². The molecule has 1 aromatic carbocycles. The lowest BCUT2D eigenvalue weighted by molar-refractivity contribution is 0.665. The van der Waals surface area contributed by atoms with Crippen molar-refractivity contribution in [3.8, 4) is 0 Å². The Morgan fingerprint density at radius 3 is 2.78 bits per heavy atom. The Hall–Kier alpha value is -1.22. The van der Waals surface area contributed by atoms with Crippen LogP contribution in [0.3, 0.4) is 0 Å². The van der Waals surface area contributed by atoms with Crippen LogP contribution >= 0.6 is 11.8 Å². The molecule has 1 saturated carbocycles. The van der Waals surface area contributed by atoms with E-state index in [0.717, 1.165) is 16.7 Å². The molecule has 1 heterocycles. The Morgan fingerprint density at radius 2 is 2.06 bits per heavy atom. The summed E-state index contributed by atoms with van der Waals surface area (Å²) < 4.78 is 2.05. The van der Waals surface area contributed by atoms with Gasteiger partial charge in [-0.1, -0.05) is 42.1 Å². The molecule has 0 N–H and O–H groups in total. The first kappa shape index (κ1) is 11.8. The van der Waals surface area contributed by atoms with Gasteiger partial charge < -0.3 is 0 Å². The molecule has 0 spiro atoms. The van der Waals surface area contributed by atoms with Crippen molar-refractivity contribution in [2.75, 3.05) is 0 Å². The zero-order valence-electron chi connectivity index (χ0n) is 10.7. The number of thioether (sulfide) groups is 1. The molecular formula is C15H18N2S. The van der Waals surface area contributed by atoms with Crippen molar-refractivity contribution in [2.45, 2.75) is 30.0 Å². The first-order valence-electron chi connectivity index (χ1n) is 6.51. The summed E-state index contributed by atoms with van der Waals surface area (Å²) >= 11 is 1.82. The van der Waals surface area contributed by atoms with Crippen molar-refractivity contribution in [1.29, 1.82) is 0 Å². The van der Waals surface area contributed by atoms with Crippen LogP contribution in [0, 0.1) is 5.92 Å². The summed E-state index contributed by atoms with van der Waals surface area (Å²) in [6.45, 7) is 0. The fraction of sp³-hybridized carbons (Fsp3) is 0.400. The van der Waals surface area contributed by atoms with Crippen LogP contribution in [0.2, 0.25) is 0 Å². The van der Waals surface area contributed by atoms with Crippen LogP contribution in [0.15, 0.2) is 41.4 Å². The van der Waals surface area contributed by atoms with Gasteiger partial charge in [-0.3, -0.25) is 4.68 Å². The molecule has 2 nitrogen and oxygen atoms in total. The number of nitrogens with zero attached hydrogens (tertiary/aromatic N) is 2. The van der Waals surface area contributed by atoms with E-state index < -0.39 is 0 Å². The van der Waals surface area contributed by atoms with Gasteiger partial charge in [-0.25, -0.2) is 0 Å². The number of rotatable bonds is 5. The van der Waals surface area contributed by atoms with Crippen molar-refractivity contribution in [1.82, 2.24) is 9.78 Å². The van der Waals surface area contributed by atoms with Crippen LogP contribution in [-0.4, -0.2) is 9.78 Å². The predicted molar refractivity (Wildman–Crippen MR) is 75.6 cm³/mol. The molecule has 2 aromatic rings. The van der Waals surface area contributed by atoms with Crippen LogP contribution in [0.1, 0.15) is 24.1 Å². The van der Waals surface area contributed by atoms with Crippen LogP contribution in [0.25, 0.3) is 0 Å². The highest BCUT2D eigenvalue weighted by atomic mass is 32.2. The first-order valence-corrected chi connectivity index (χ1v) is 7.49. The van der Waals surface area contributed by atoms with Gasteiger partial charge in [0, 0.05) is 18.5 Å². The van der Waals surface area contributed by atoms with Crippen molar-refractivity contribution in [3.63, 3.8) is 0 Å². The standard InChI is InChI=1S/C15H18N2S/c1-17-14(9-12-7-8-12)10-15(16-17)18-11-13-5-3-2-4-6-13/h2-6,10,12H,7-9,11H2,1H3. The van der Waals surface area contributed by atoms with Gasteiger partial charge in [0.05, 0.1) is 0 Å². The maximum Gasteiger partial charge on any atom is 0.119 e. The zero-order valence-corrected chi connectivity index (χ0v) is 11.5. The van der Waals surface area contributed by atoms with Crippen LogP contribution in [0.4, 0.5) is 0 Å². The SMILES string of the molecule is Cn1nc(SCc2ccccc2)cc1CC1CC1. The Bertz CT molecular complexity index is 515. The summed E-state index contributed by atoms with van der Waals surface area (Å²) in [7, 11) is 2.06. The number of hydrogen-bond donors (Lipinski definition) is 0. The summed E-state index contributed by atoms with van der Waals surface area (Å²) in [4.78, 5) is 0. The Kier molecular flexibility index (Phi) is 3.41. The Labute approximate surface area is 112 Å². The molecule has 0 bridgehead atoms. The second kappa shape index (κ2) is 5.19. The van der Waals surface area contributed by atoms with Gasteiger partial charge in [-0.05, 0) is 36.8 Å². The van der Waals surface area contributed by atoms with Gasteiger partial charge in [0.1, 0.15) is 5.03 Å². The van der Waals surface area contributed by atoms with Gasteiger partial charge >= 0.3 is 0 Å². The quantitative estimate of drug-likeness (QED) is 0.762. The summed E-state index contributed by atoms with van der Waals surface area (Å²) in [5.74, 6) is 1.92. The van der Waals surface area contributed by atoms with Gasteiger partial charge in [0.15, 0.2) is 0 Å². The zero-order chi connectivity index (χ0) is 12.4. The highest BCUT2D eigenvalue weighted by Gasteiger charge is 2.23. The molecule has 1 aliphatic carbocycles. The third kappa shape index (κ3) is 2.96. The van der Waals surface area contributed by atoms with E-state index >= 15 is 0 Å². The molecule has 1 aliphatic rings. The normalized spacial score (nSPS) is 14.9. The minimum Gasteiger partial charge on any atom is -0.272 e. The predicted octanol–water partition coefficient (Wildman–Crippen LogP) is 3.66. The molecule has 0 aliphatic heterocycles. The fourth-order valence-corrected chi connectivity index (χ4v) is 2.99. The minimum atomic E-state index is 0.923. The van der Waals surface area contributed by atoms with Crippen molar-refractivity contribution < 1.29 is 0 Å². The van der Waals surface area contributed by atoms with Gasteiger partial charge in [0.25, 0.3) is 0 Å². The lowest BCUT2D eigenvalue weighted by atomic mass is 10.2.